The molecule has 0 bridgehead atoms. The summed E-state index contributed by atoms with van der Waals surface area (Å²) in [6, 6.07) is 12.3. The Bertz CT molecular complexity index is 1190. The summed E-state index contributed by atoms with van der Waals surface area (Å²) in [6.45, 7) is -0.126. The molecule has 7 nitrogen and oxygen atoms in total. The Labute approximate surface area is 199 Å². The average Bonchev–Trinajstić information content (AvgIpc) is 2.83. The number of carbonyl (C=O) groups excluding carboxylic acids is 3. The van der Waals surface area contributed by atoms with Crippen molar-refractivity contribution < 1.29 is 18.8 Å². The molecule has 0 aliphatic heterocycles. The third kappa shape index (κ3) is 5.71. The highest BCUT2D eigenvalue weighted by atomic mass is 35.5. The third-order valence-corrected chi connectivity index (χ3v) is 5.37. The number of halogens is 3. The lowest BCUT2D eigenvalue weighted by atomic mass is 10.1. The lowest BCUT2D eigenvalue weighted by molar-refractivity contribution is -0.122. The van der Waals surface area contributed by atoms with Crippen molar-refractivity contribution in [1.29, 1.82) is 0 Å². The first-order chi connectivity index (χ1) is 15.7. The normalized spacial score (nSPS) is 11.5. The number of carbonyl (C=O) groups is 3. The van der Waals surface area contributed by atoms with Gasteiger partial charge in [-0.05, 0) is 42.0 Å². The van der Waals surface area contributed by atoms with E-state index in [1.54, 1.807) is 38.4 Å². The van der Waals surface area contributed by atoms with Crippen molar-refractivity contribution in [3.8, 4) is 0 Å². The smallest absolute Gasteiger partial charge is 0.270 e. The summed E-state index contributed by atoms with van der Waals surface area (Å²) in [5.41, 5.74) is 1.05. The Hall–Kier alpha value is -3.36. The van der Waals surface area contributed by atoms with Crippen molar-refractivity contribution in [2.75, 3.05) is 19.0 Å². The molecular formula is C23H19Cl2FN4O3. The van der Waals surface area contributed by atoms with Crippen molar-refractivity contribution in [3.63, 3.8) is 0 Å². The van der Waals surface area contributed by atoms with E-state index in [1.807, 2.05) is 0 Å². The van der Waals surface area contributed by atoms with Gasteiger partial charge in [0.05, 0.1) is 16.6 Å². The number of benzene rings is 2. The van der Waals surface area contributed by atoms with Crippen molar-refractivity contribution in [2.45, 2.75) is 12.7 Å². The second-order valence-electron chi connectivity index (χ2n) is 7.22. The van der Waals surface area contributed by atoms with Gasteiger partial charge in [-0.2, -0.15) is 0 Å². The van der Waals surface area contributed by atoms with E-state index >= 15 is 4.39 Å². The molecule has 0 saturated heterocycles. The molecule has 0 aliphatic carbocycles. The molecule has 10 heteroatoms. The zero-order chi connectivity index (χ0) is 24.1. The predicted molar refractivity (Wildman–Crippen MR) is 123 cm³/mol. The van der Waals surface area contributed by atoms with Gasteiger partial charge in [0.1, 0.15) is 0 Å². The fourth-order valence-electron chi connectivity index (χ4n) is 2.97. The van der Waals surface area contributed by atoms with Crippen LogP contribution < -0.4 is 4.90 Å². The molecular weight excluding hydrogens is 470 g/mol. The molecule has 3 rings (SSSR count). The molecule has 0 N–H and O–H groups in total. The van der Waals surface area contributed by atoms with E-state index < -0.39 is 23.7 Å². The lowest BCUT2D eigenvalue weighted by Crippen LogP contribution is -2.41. The Morgan fingerprint density at radius 1 is 0.970 bits per heavy atom. The van der Waals surface area contributed by atoms with Crippen LogP contribution in [0.1, 0.15) is 26.5 Å². The Balaban J connectivity index is 2.00. The molecule has 0 aliphatic rings. The van der Waals surface area contributed by atoms with Gasteiger partial charge in [0, 0.05) is 37.7 Å². The summed E-state index contributed by atoms with van der Waals surface area (Å²) in [5.74, 6) is -3.01. The molecule has 2 aromatic carbocycles. The molecule has 0 spiro atoms. The lowest BCUT2D eigenvalue weighted by Gasteiger charge is -2.25. The monoisotopic (exact) mass is 488 g/mol. The summed E-state index contributed by atoms with van der Waals surface area (Å²) in [5, 5.41) is 0.570. The first-order valence-corrected chi connectivity index (χ1v) is 10.5. The van der Waals surface area contributed by atoms with Crippen molar-refractivity contribution in [2.24, 2.45) is 0 Å². The number of ketones is 1. The Kier molecular flexibility index (Phi) is 7.73. The summed E-state index contributed by atoms with van der Waals surface area (Å²) >= 11 is 12.1. The van der Waals surface area contributed by atoms with E-state index in [0.29, 0.717) is 10.6 Å². The van der Waals surface area contributed by atoms with Crippen LogP contribution in [0.5, 0.6) is 0 Å². The fraction of sp³-hybridized carbons (Fsp3) is 0.174. The van der Waals surface area contributed by atoms with Gasteiger partial charge >= 0.3 is 0 Å². The number of nitrogens with zero attached hydrogens (tertiary/aromatic N) is 4. The summed E-state index contributed by atoms with van der Waals surface area (Å²) < 4.78 is 15.1. The van der Waals surface area contributed by atoms with Crippen molar-refractivity contribution >= 4 is 46.5 Å². The Morgan fingerprint density at radius 3 is 2.30 bits per heavy atom. The topological polar surface area (TPSA) is 83.5 Å². The number of alkyl halides is 1. The molecule has 0 saturated carbocycles. The average molecular weight is 489 g/mol. The van der Waals surface area contributed by atoms with Crippen molar-refractivity contribution in [1.82, 2.24) is 14.9 Å². The van der Waals surface area contributed by atoms with Gasteiger partial charge in [-0.1, -0.05) is 35.3 Å². The van der Waals surface area contributed by atoms with Gasteiger partial charge in [0.25, 0.3) is 11.8 Å². The molecule has 1 atom stereocenters. The minimum Gasteiger partial charge on any atom is -0.345 e. The molecule has 1 aromatic heterocycles. The van der Waals surface area contributed by atoms with Crippen molar-refractivity contribution in [3.05, 3.63) is 87.9 Å². The van der Waals surface area contributed by atoms with Crippen LogP contribution in [-0.4, -0.2) is 52.7 Å². The van der Waals surface area contributed by atoms with E-state index in [1.165, 1.54) is 41.6 Å². The standard InChI is InChI=1S/C23H19Cl2FN4O3/c1-29(2)22(32)15-5-3-6-16(12-15)30(13-14-7-8-17(24)18(25)11-14)23(33)19(26)20(31)21-27-9-4-10-28-21/h3-12,19H,13H2,1-2H3. The van der Waals surface area contributed by atoms with Gasteiger partial charge in [-0.25, -0.2) is 14.4 Å². The quantitative estimate of drug-likeness (QED) is 0.366. The van der Waals surface area contributed by atoms with Crippen LogP contribution in [-0.2, 0) is 11.3 Å². The van der Waals surface area contributed by atoms with Crippen LogP contribution >= 0.6 is 23.2 Å². The maximum Gasteiger partial charge on any atom is 0.270 e. The first kappa shape index (κ1) is 24.3. The van der Waals surface area contributed by atoms with Gasteiger partial charge in [-0.15, -0.1) is 0 Å². The highest BCUT2D eigenvalue weighted by molar-refractivity contribution is 6.42. The maximum absolute atomic E-state index is 15.1. The van der Waals surface area contributed by atoms with Crippen LogP contribution in [0.4, 0.5) is 10.1 Å². The van der Waals surface area contributed by atoms with Crippen LogP contribution in [0.2, 0.25) is 10.0 Å². The van der Waals surface area contributed by atoms with Gasteiger partial charge in [0.2, 0.25) is 12.0 Å². The molecule has 1 heterocycles. The van der Waals surface area contributed by atoms with Gasteiger partial charge in [-0.3, -0.25) is 14.4 Å². The number of rotatable bonds is 7. The molecule has 3 aromatic rings. The summed E-state index contributed by atoms with van der Waals surface area (Å²) in [4.78, 5) is 47.9. The molecule has 0 radical (unpaired) electrons. The van der Waals surface area contributed by atoms with E-state index in [0.717, 1.165) is 4.90 Å². The molecule has 0 fully saturated rings. The van der Waals surface area contributed by atoms with Gasteiger partial charge < -0.3 is 9.80 Å². The van der Waals surface area contributed by atoms with Crippen LogP contribution in [0.15, 0.2) is 60.9 Å². The number of amides is 2. The minimum atomic E-state index is -2.55. The number of hydrogen-bond acceptors (Lipinski definition) is 5. The maximum atomic E-state index is 15.1. The van der Waals surface area contributed by atoms with E-state index in [4.69, 9.17) is 23.2 Å². The SMILES string of the molecule is CN(C)C(=O)c1cccc(N(Cc2ccc(Cl)c(Cl)c2)C(=O)C(F)C(=O)c2ncccn2)c1. The van der Waals surface area contributed by atoms with Gasteiger partial charge in [0.15, 0.2) is 5.82 Å². The van der Waals surface area contributed by atoms with Crippen LogP contribution in [0, 0.1) is 0 Å². The molecule has 33 heavy (non-hydrogen) atoms. The second kappa shape index (κ2) is 10.5. The van der Waals surface area contributed by atoms with E-state index in [9.17, 15) is 14.4 Å². The molecule has 170 valence electrons. The summed E-state index contributed by atoms with van der Waals surface area (Å²) in [6.07, 6.45) is 0.00559. The number of anilines is 1. The first-order valence-electron chi connectivity index (χ1n) is 9.71. The number of aromatic nitrogens is 2. The molecule has 2 amide bonds. The zero-order valence-electron chi connectivity index (χ0n) is 17.7. The largest absolute Gasteiger partial charge is 0.345 e. The number of hydrogen-bond donors (Lipinski definition) is 0. The van der Waals surface area contributed by atoms with Crippen LogP contribution in [0.25, 0.3) is 0 Å². The van der Waals surface area contributed by atoms with E-state index in [2.05, 4.69) is 9.97 Å². The third-order valence-electron chi connectivity index (χ3n) is 4.63. The minimum absolute atomic E-state index is 0.126. The Morgan fingerprint density at radius 2 is 1.67 bits per heavy atom. The molecule has 1 unspecified atom stereocenters. The predicted octanol–water partition coefficient (Wildman–Crippen LogP) is 4.24. The number of Topliss-reactive ketones (excluding diaryl/α,β-unsaturated/α-hetero) is 1. The van der Waals surface area contributed by atoms with Crippen LogP contribution in [0.3, 0.4) is 0 Å². The highest BCUT2D eigenvalue weighted by Crippen LogP contribution is 2.26. The zero-order valence-corrected chi connectivity index (χ0v) is 19.2. The van der Waals surface area contributed by atoms with E-state index in [-0.39, 0.29) is 28.7 Å². The second-order valence-corrected chi connectivity index (χ2v) is 8.04. The summed E-state index contributed by atoms with van der Waals surface area (Å²) in [7, 11) is 3.17. The fourth-order valence-corrected chi connectivity index (χ4v) is 3.29. The highest BCUT2D eigenvalue weighted by Gasteiger charge is 2.34.